The molecule has 2 aromatic carbocycles. The molecular weight excluding hydrogens is 335 g/mol. The van der Waals surface area contributed by atoms with Crippen LogP contribution < -0.4 is 0 Å². The van der Waals surface area contributed by atoms with Crippen LogP contribution in [0.5, 0.6) is 5.75 Å². The highest BCUT2D eigenvalue weighted by atomic mass is 79.9. The molecule has 0 atom stereocenters. The Balaban J connectivity index is 2.27. The summed E-state index contributed by atoms with van der Waals surface area (Å²) in [5.74, 6) is 0.479. The third-order valence-electron chi connectivity index (χ3n) is 3.38. The SMILES string of the molecule is CCCn1c(-c2ccc(Br)c(O)c2)nc2c(F)cccc21. The number of rotatable bonds is 3. The van der Waals surface area contributed by atoms with Crippen LogP contribution in [0.2, 0.25) is 0 Å². The number of phenolic OH excluding ortho intramolecular Hbond substituents is 1. The molecule has 3 nitrogen and oxygen atoms in total. The molecule has 0 spiro atoms. The molecule has 3 rings (SSSR count). The molecule has 3 aromatic rings. The van der Waals surface area contributed by atoms with Crippen LogP contribution in [-0.4, -0.2) is 14.7 Å². The quantitative estimate of drug-likeness (QED) is 0.743. The summed E-state index contributed by atoms with van der Waals surface area (Å²) >= 11 is 3.26. The number of aromatic hydroxyl groups is 1. The molecule has 0 saturated heterocycles. The molecule has 0 radical (unpaired) electrons. The molecule has 21 heavy (non-hydrogen) atoms. The number of hydrogen-bond acceptors (Lipinski definition) is 2. The average Bonchev–Trinajstić information content (AvgIpc) is 2.83. The number of halogens is 2. The number of aromatic nitrogens is 2. The molecule has 0 fully saturated rings. The summed E-state index contributed by atoms with van der Waals surface area (Å²) in [6, 6.07) is 10.2. The van der Waals surface area contributed by atoms with E-state index in [1.807, 2.05) is 16.7 Å². The van der Waals surface area contributed by atoms with E-state index >= 15 is 0 Å². The maximum Gasteiger partial charge on any atom is 0.151 e. The minimum absolute atomic E-state index is 0.142. The van der Waals surface area contributed by atoms with Crippen LogP contribution in [-0.2, 0) is 6.54 Å². The summed E-state index contributed by atoms with van der Waals surface area (Å²) in [5.41, 5.74) is 1.90. The predicted octanol–water partition coefficient (Wildman–Crippen LogP) is 4.72. The lowest BCUT2D eigenvalue weighted by Crippen LogP contribution is -1.99. The summed E-state index contributed by atoms with van der Waals surface area (Å²) < 4.78 is 16.6. The molecule has 0 amide bonds. The number of imidazole rings is 1. The van der Waals surface area contributed by atoms with Crippen molar-refractivity contribution in [1.82, 2.24) is 9.55 Å². The van der Waals surface area contributed by atoms with Crippen molar-refractivity contribution in [2.75, 3.05) is 0 Å². The Labute approximate surface area is 130 Å². The first-order valence-electron chi connectivity index (χ1n) is 6.75. The Morgan fingerprint density at radius 2 is 2.10 bits per heavy atom. The van der Waals surface area contributed by atoms with E-state index in [-0.39, 0.29) is 11.6 Å². The Morgan fingerprint density at radius 3 is 2.81 bits per heavy atom. The van der Waals surface area contributed by atoms with Crippen LogP contribution in [0.15, 0.2) is 40.9 Å². The van der Waals surface area contributed by atoms with Gasteiger partial charge in [-0.25, -0.2) is 9.37 Å². The van der Waals surface area contributed by atoms with E-state index in [1.165, 1.54) is 6.07 Å². The Kier molecular flexibility index (Phi) is 3.68. The second-order valence-electron chi connectivity index (χ2n) is 4.86. The third kappa shape index (κ3) is 2.42. The van der Waals surface area contributed by atoms with Crippen LogP contribution in [0.4, 0.5) is 4.39 Å². The van der Waals surface area contributed by atoms with E-state index in [2.05, 4.69) is 27.8 Å². The molecule has 108 valence electrons. The number of benzene rings is 2. The van der Waals surface area contributed by atoms with Gasteiger partial charge in [-0.2, -0.15) is 0 Å². The third-order valence-corrected chi connectivity index (χ3v) is 4.05. The summed E-state index contributed by atoms with van der Waals surface area (Å²) in [4.78, 5) is 4.43. The lowest BCUT2D eigenvalue weighted by molar-refractivity contribution is 0.472. The van der Waals surface area contributed by atoms with E-state index in [4.69, 9.17) is 0 Å². The molecule has 1 N–H and O–H groups in total. The zero-order valence-corrected chi connectivity index (χ0v) is 13.1. The van der Waals surface area contributed by atoms with Gasteiger partial charge in [-0.3, -0.25) is 0 Å². The lowest BCUT2D eigenvalue weighted by Gasteiger charge is -2.08. The molecule has 1 heterocycles. The Bertz CT molecular complexity index is 813. The monoisotopic (exact) mass is 348 g/mol. The smallest absolute Gasteiger partial charge is 0.151 e. The number of nitrogens with zero attached hydrogens (tertiary/aromatic N) is 2. The summed E-state index contributed by atoms with van der Waals surface area (Å²) in [5, 5.41) is 9.85. The summed E-state index contributed by atoms with van der Waals surface area (Å²) in [7, 11) is 0. The first kappa shape index (κ1) is 14.1. The fraction of sp³-hybridized carbons (Fsp3) is 0.188. The van der Waals surface area contributed by atoms with Gasteiger partial charge in [0.05, 0.1) is 9.99 Å². The van der Waals surface area contributed by atoms with E-state index in [0.717, 1.165) is 24.0 Å². The van der Waals surface area contributed by atoms with Crippen molar-refractivity contribution in [3.8, 4) is 17.1 Å². The number of hydrogen-bond donors (Lipinski definition) is 1. The van der Waals surface area contributed by atoms with E-state index in [1.54, 1.807) is 18.2 Å². The van der Waals surface area contributed by atoms with Crippen LogP contribution in [0.3, 0.4) is 0 Å². The van der Waals surface area contributed by atoms with Gasteiger partial charge in [0.1, 0.15) is 17.1 Å². The minimum atomic E-state index is -0.329. The van der Waals surface area contributed by atoms with Gasteiger partial charge < -0.3 is 9.67 Å². The normalized spacial score (nSPS) is 11.2. The Hall–Kier alpha value is -1.88. The second-order valence-corrected chi connectivity index (χ2v) is 5.72. The molecule has 0 bridgehead atoms. The predicted molar refractivity (Wildman–Crippen MR) is 84.8 cm³/mol. The zero-order chi connectivity index (χ0) is 15.0. The van der Waals surface area contributed by atoms with Gasteiger partial charge in [-0.1, -0.05) is 13.0 Å². The second kappa shape index (κ2) is 5.48. The molecule has 0 aliphatic rings. The highest BCUT2D eigenvalue weighted by Gasteiger charge is 2.15. The highest BCUT2D eigenvalue weighted by Crippen LogP contribution is 2.32. The highest BCUT2D eigenvalue weighted by molar-refractivity contribution is 9.10. The number of para-hydroxylation sites is 1. The van der Waals surface area contributed by atoms with Crippen molar-refractivity contribution in [1.29, 1.82) is 0 Å². The molecule has 0 aliphatic heterocycles. The molecule has 1 aromatic heterocycles. The zero-order valence-electron chi connectivity index (χ0n) is 11.5. The van der Waals surface area contributed by atoms with E-state index in [9.17, 15) is 9.50 Å². The van der Waals surface area contributed by atoms with Crippen molar-refractivity contribution < 1.29 is 9.50 Å². The van der Waals surface area contributed by atoms with Gasteiger partial charge in [0, 0.05) is 12.1 Å². The van der Waals surface area contributed by atoms with Crippen LogP contribution in [0.1, 0.15) is 13.3 Å². The summed E-state index contributed by atoms with van der Waals surface area (Å²) in [6.07, 6.45) is 0.914. The van der Waals surface area contributed by atoms with Crippen molar-refractivity contribution in [2.24, 2.45) is 0 Å². The van der Waals surface area contributed by atoms with Crippen molar-refractivity contribution in [3.05, 3.63) is 46.7 Å². The van der Waals surface area contributed by atoms with Crippen molar-refractivity contribution >= 4 is 27.0 Å². The molecular formula is C16H14BrFN2O. The fourth-order valence-corrected chi connectivity index (χ4v) is 2.68. The van der Waals surface area contributed by atoms with Gasteiger partial charge in [0.25, 0.3) is 0 Å². The van der Waals surface area contributed by atoms with E-state index < -0.39 is 0 Å². The number of aryl methyl sites for hydroxylation is 1. The van der Waals surface area contributed by atoms with Crippen LogP contribution in [0, 0.1) is 5.82 Å². The fourth-order valence-electron chi connectivity index (χ4n) is 2.43. The molecule has 5 heteroatoms. The molecule has 0 aliphatic carbocycles. The van der Waals surface area contributed by atoms with Gasteiger partial charge in [-0.15, -0.1) is 0 Å². The van der Waals surface area contributed by atoms with Crippen molar-refractivity contribution in [2.45, 2.75) is 19.9 Å². The molecule has 0 unspecified atom stereocenters. The van der Waals surface area contributed by atoms with Gasteiger partial charge >= 0.3 is 0 Å². The first-order valence-corrected chi connectivity index (χ1v) is 7.54. The summed E-state index contributed by atoms with van der Waals surface area (Å²) in [6.45, 7) is 2.81. The largest absolute Gasteiger partial charge is 0.507 e. The van der Waals surface area contributed by atoms with Crippen molar-refractivity contribution in [3.63, 3.8) is 0 Å². The molecule has 0 saturated carbocycles. The van der Waals surface area contributed by atoms with E-state index in [0.29, 0.717) is 15.8 Å². The van der Waals surface area contributed by atoms with Gasteiger partial charge in [0.2, 0.25) is 0 Å². The maximum atomic E-state index is 13.9. The first-order chi connectivity index (χ1) is 10.1. The average molecular weight is 349 g/mol. The van der Waals surface area contributed by atoms with Gasteiger partial charge in [-0.05, 0) is 52.7 Å². The Morgan fingerprint density at radius 1 is 1.29 bits per heavy atom. The minimum Gasteiger partial charge on any atom is -0.507 e. The van der Waals surface area contributed by atoms with Crippen LogP contribution >= 0.6 is 15.9 Å². The van der Waals surface area contributed by atoms with Crippen LogP contribution in [0.25, 0.3) is 22.4 Å². The van der Waals surface area contributed by atoms with Gasteiger partial charge in [0.15, 0.2) is 5.82 Å². The maximum absolute atomic E-state index is 13.9. The number of fused-ring (bicyclic) bond motifs is 1. The lowest BCUT2D eigenvalue weighted by atomic mass is 10.2. The number of phenols is 1. The topological polar surface area (TPSA) is 38.0 Å². The standard InChI is InChI=1S/C16H14BrFN2O/c1-2-8-20-13-5-3-4-12(18)15(13)19-16(20)10-6-7-11(17)14(21)9-10/h3-7,9,21H,2,8H2,1H3.